The first-order valence-electron chi connectivity index (χ1n) is 6.35. The Labute approximate surface area is 99.7 Å². The monoisotopic (exact) mass is 229 g/mol. The molecule has 1 rings (SSSR count). The average molecular weight is 229 g/mol. The normalized spacial score (nSPS) is 29.1. The van der Waals surface area contributed by atoms with Crippen LogP contribution in [0.5, 0.6) is 0 Å². The quantitative estimate of drug-likeness (QED) is 0.804. The molecule has 0 bridgehead atoms. The predicted molar refractivity (Wildman–Crippen MR) is 66.4 cm³/mol. The van der Waals surface area contributed by atoms with E-state index in [0.29, 0.717) is 18.8 Å². The molecule has 1 fully saturated rings. The third-order valence-corrected chi connectivity index (χ3v) is 3.45. The van der Waals surface area contributed by atoms with Gasteiger partial charge in [0.05, 0.1) is 18.3 Å². The van der Waals surface area contributed by atoms with E-state index >= 15 is 0 Å². The van der Waals surface area contributed by atoms with Crippen molar-refractivity contribution < 1.29 is 9.47 Å². The fourth-order valence-electron chi connectivity index (χ4n) is 2.29. The lowest BCUT2D eigenvalue weighted by Crippen LogP contribution is -2.41. The lowest BCUT2D eigenvalue weighted by Gasteiger charge is -2.36. The Hall–Kier alpha value is -0.120. The van der Waals surface area contributed by atoms with E-state index in [2.05, 4.69) is 20.8 Å². The molecule has 1 aliphatic rings. The van der Waals surface area contributed by atoms with Crippen molar-refractivity contribution >= 4 is 0 Å². The minimum Gasteiger partial charge on any atom is -0.381 e. The van der Waals surface area contributed by atoms with Crippen LogP contribution in [0.2, 0.25) is 0 Å². The first-order valence-corrected chi connectivity index (χ1v) is 6.35. The Morgan fingerprint density at radius 2 is 1.88 bits per heavy atom. The summed E-state index contributed by atoms with van der Waals surface area (Å²) < 4.78 is 11.5. The molecule has 3 atom stereocenters. The molecular weight excluding hydrogens is 202 g/mol. The second-order valence-electron chi connectivity index (χ2n) is 5.87. The molecule has 1 aliphatic carbocycles. The Kier molecular flexibility index (Phi) is 5.22. The molecule has 0 saturated heterocycles. The average Bonchev–Trinajstić information content (AvgIpc) is 2.24. The van der Waals surface area contributed by atoms with E-state index in [1.807, 2.05) is 0 Å². The van der Waals surface area contributed by atoms with Gasteiger partial charge in [-0.1, -0.05) is 20.8 Å². The van der Waals surface area contributed by atoms with Crippen LogP contribution in [0.1, 0.15) is 46.5 Å². The molecule has 0 amide bonds. The van der Waals surface area contributed by atoms with Crippen LogP contribution >= 0.6 is 0 Å². The Morgan fingerprint density at radius 1 is 1.25 bits per heavy atom. The maximum Gasteiger partial charge on any atom is 0.0749 e. The van der Waals surface area contributed by atoms with Crippen LogP contribution in [-0.4, -0.2) is 32.0 Å². The van der Waals surface area contributed by atoms with Crippen molar-refractivity contribution in [2.45, 2.75) is 64.8 Å². The van der Waals surface area contributed by atoms with E-state index in [1.54, 1.807) is 7.11 Å². The highest BCUT2D eigenvalue weighted by molar-refractivity contribution is 4.80. The molecule has 3 heteroatoms. The predicted octanol–water partition coefficient (Wildman–Crippen LogP) is 2.33. The summed E-state index contributed by atoms with van der Waals surface area (Å²) in [6, 6.07) is 0. The number of nitrogens with two attached hydrogens (primary N) is 1. The minimum absolute atomic E-state index is 0.120. The highest BCUT2D eigenvalue weighted by atomic mass is 16.5. The molecule has 96 valence electrons. The van der Waals surface area contributed by atoms with E-state index in [1.165, 1.54) is 12.8 Å². The fraction of sp³-hybridized carbons (Fsp3) is 1.00. The van der Waals surface area contributed by atoms with Crippen molar-refractivity contribution in [3.05, 3.63) is 0 Å². The van der Waals surface area contributed by atoms with Gasteiger partial charge in [-0.2, -0.15) is 0 Å². The fourth-order valence-corrected chi connectivity index (χ4v) is 2.29. The lowest BCUT2D eigenvalue weighted by atomic mass is 9.88. The van der Waals surface area contributed by atoms with Gasteiger partial charge in [0.1, 0.15) is 0 Å². The lowest BCUT2D eigenvalue weighted by molar-refractivity contribution is -0.0954. The number of methoxy groups -OCH3 is 1. The molecule has 3 nitrogen and oxygen atoms in total. The second-order valence-corrected chi connectivity index (χ2v) is 5.87. The van der Waals surface area contributed by atoms with Crippen LogP contribution in [-0.2, 0) is 9.47 Å². The standard InChI is InChI=1S/C13H27NO2/c1-13(2,3)12(9-14)16-11-7-5-6-10(8-11)15-4/h10-12H,5-9,14H2,1-4H3. The Morgan fingerprint density at radius 3 is 2.38 bits per heavy atom. The van der Waals surface area contributed by atoms with Crippen LogP contribution in [0.25, 0.3) is 0 Å². The molecule has 16 heavy (non-hydrogen) atoms. The van der Waals surface area contributed by atoms with E-state index in [0.717, 1.165) is 12.8 Å². The molecule has 2 N–H and O–H groups in total. The van der Waals surface area contributed by atoms with E-state index in [9.17, 15) is 0 Å². The van der Waals surface area contributed by atoms with Gasteiger partial charge in [0, 0.05) is 13.7 Å². The summed E-state index contributed by atoms with van der Waals surface area (Å²) in [5.41, 5.74) is 5.91. The molecule has 0 aromatic heterocycles. The van der Waals surface area contributed by atoms with Crippen LogP contribution in [0.3, 0.4) is 0 Å². The summed E-state index contributed by atoms with van der Waals surface area (Å²) in [5, 5.41) is 0. The van der Waals surface area contributed by atoms with Gasteiger partial charge in [0.15, 0.2) is 0 Å². The summed E-state index contributed by atoms with van der Waals surface area (Å²) >= 11 is 0. The van der Waals surface area contributed by atoms with Crippen molar-refractivity contribution in [3.8, 4) is 0 Å². The van der Waals surface area contributed by atoms with Crippen molar-refractivity contribution in [2.24, 2.45) is 11.1 Å². The molecule has 0 spiro atoms. The molecule has 0 aromatic carbocycles. The van der Waals surface area contributed by atoms with Crippen LogP contribution in [0, 0.1) is 5.41 Å². The van der Waals surface area contributed by atoms with E-state index < -0.39 is 0 Å². The number of hydrogen-bond acceptors (Lipinski definition) is 3. The van der Waals surface area contributed by atoms with Gasteiger partial charge in [0.25, 0.3) is 0 Å². The number of hydrogen-bond donors (Lipinski definition) is 1. The van der Waals surface area contributed by atoms with E-state index in [-0.39, 0.29) is 11.5 Å². The van der Waals surface area contributed by atoms with Gasteiger partial charge in [-0.05, 0) is 31.1 Å². The van der Waals surface area contributed by atoms with E-state index in [4.69, 9.17) is 15.2 Å². The minimum atomic E-state index is 0.120. The molecule has 0 radical (unpaired) electrons. The first kappa shape index (κ1) is 13.9. The van der Waals surface area contributed by atoms with Gasteiger partial charge in [-0.3, -0.25) is 0 Å². The Bertz CT molecular complexity index is 201. The van der Waals surface area contributed by atoms with Gasteiger partial charge >= 0.3 is 0 Å². The zero-order valence-electron chi connectivity index (χ0n) is 11.2. The largest absolute Gasteiger partial charge is 0.381 e. The van der Waals surface area contributed by atoms with Crippen molar-refractivity contribution in [1.82, 2.24) is 0 Å². The number of rotatable bonds is 4. The van der Waals surface area contributed by atoms with Crippen molar-refractivity contribution in [2.75, 3.05) is 13.7 Å². The highest BCUT2D eigenvalue weighted by Gasteiger charge is 2.30. The van der Waals surface area contributed by atoms with Gasteiger partial charge in [-0.15, -0.1) is 0 Å². The van der Waals surface area contributed by atoms with Gasteiger partial charge in [-0.25, -0.2) is 0 Å². The topological polar surface area (TPSA) is 44.5 Å². The van der Waals surface area contributed by atoms with Gasteiger partial charge in [0.2, 0.25) is 0 Å². The molecule has 0 aromatic rings. The second kappa shape index (κ2) is 5.99. The first-order chi connectivity index (χ1) is 7.47. The third-order valence-electron chi connectivity index (χ3n) is 3.45. The summed E-state index contributed by atoms with van der Waals surface area (Å²) in [5.74, 6) is 0. The highest BCUT2D eigenvalue weighted by Crippen LogP contribution is 2.28. The molecule has 3 unspecified atom stereocenters. The molecule has 1 saturated carbocycles. The third kappa shape index (κ3) is 4.04. The zero-order valence-corrected chi connectivity index (χ0v) is 11.2. The van der Waals surface area contributed by atoms with Crippen LogP contribution in [0.4, 0.5) is 0 Å². The molecule has 0 heterocycles. The summed E-state index contributed by atoms with van der Waals surface area (Å²) in [7, 11) is 1.79. The maximum absolute atomic E-state index is 6.13. The Balaban J connectivity index is 2.45. The molecular formula is C13H27NO2. The number of ether oxygens (including phenoxy) is 2. The van der Waals surface area contributed by atoms with Crippen molar-refractivity contribution in [1.29, 1.82) is 0 Å². The zero-order chi connectivity index (χ0) is 12.2. The summed E-state index contributed by atoms with van der Waals surface area (Å²) in [4.78, 5) is 0. The summed E-state index contributed by atoms with van der Waals surface area (Å²) in [6.07, 6.45) is 5.37. The van der Waals surface area contributed by atoms with Crippen LogP contribution < -0.4 is 5.73 Å². The maximum atomic E-state index is 6.13. The summed E-state index contributed by atoms with van der Waals surface area (Å²) in [6.45, 7) is 7.14. The SMILES string of the molecule is COC1CCCC(OC(CN)C(C)(C)C)C1. The van der Waals surface area contributed by atoms with Crippen molar-refractivity contribution in [3.63, 3.8) is 0 Å². The molecule has 0 aliphatic heterocycles. The van der Waals surface area contributed by atoms with Crippen LogP contribution in [0.15, 0.2) is 0 Å². The smallest absolute Gasteiger partial charge is 0.0749 e. The van der Waals surface area contributed by atoms with Gasteiger partial charge < -0.3 is 15.2 Å².